The first-order valence-corrected chi connectivity index (χ1v) is 9.83. The van der Waals surface area contributed by atoms with E-state index in [1.165, 1.54) is 6.07 Å². The Morgan fingerprint density at radius 3 is 2.62 bits per heavy atom. The molecule has 0 fully saturated rings. The minimum Gasteiger partial charge on any atom is -0.207 e. The van der Waals surface area contributed by atoms with E-state index in [0.717, 1.165) is 28.8 Å². The molecule has 0 unspecified atom stereocenters. The Kier molecular flexibility index (Phi) is 5.01. The van der Waals surface area contributed by atoms with Crippen LogP contribution in [0.1, 0.15) is 5.56 Å². The second-order valence-corrected chi connectivity index (χ2v) is 8.02. The van der Waals surface area contributed by atoms with Crippen LogP contribution in [0.2, 0.25) is 5.02 Å². The zero-order valence-corrected chi connectivity index (χ0v) is 14.8. The minimum atomic E-state index is -3.78. The van der Waals surface area contributed by atoms with Gasteiger partial charge in [-0.1, -0.05) is 35.9 Å². The van der Waals surface area contributed by atoms with Crippen molar-refractivity contribution in [2.45, 2.75) is 11.4 Å². The molecular formula is C17H13ClFNO2S2. The third-order valence-corrected chi connectivity index (χ3v) is 5.88. The number of rotatable bonds is 5. The van der Waals surface area contributed by atoms with E-state index >= 15 is 0 Å². The number of nitrogens with one attached hydrogen (secondary N) is 1. The normalized spacial score (nSPS) is 11.6. The second-order valence-electron chi connectivity index (χ2n) is 5.07. The van der Waals surface area contributed by atoms with Gasteiger partial charge >= 0.3 is 0 Å². The third kappa shape index (κ3) is 3.67. The SMILES string of the molecule is O=S(=O)(NCc1ccccc1-c1ccsc1)c1ccc(F)c(Cl)c1. The zero-order chi connectivity index (χ0) is 17.2. The lowest BCUT2D eigenvalue weighted by molar-refractivity contribution is 0.580. The quantitative estimate of drug-likeness (QED) is 0.697. The van der Waals surface area contributed by atoms with Crippen molar-refractivity contribution < 1.29 is 12.8 Å². The molecule has 0 saturated carbocycles. The van der Waals surface area contributed by atoms with E-state index in [4.69, 9.17) is 11.6 Å². The molecule has 1 N–H and O–H groups in total. The van der Waals surface area contributed by atoms with E-state index in [1.807, 2.05) is 41.1 Å². The van der Waals surface area contributed by atoms with Gasteiger partial charge in [-0.2, -0.15) is 11.3 Å². The van der Waals surface area contributed by atoms with Gasteiger partial charge in [-0.3, -0.25) is 0 Å². The van der Waals surface area contributed by atoms with E-state index in [1.54, 1.807) is 11.3 Å². The number of hydrogen-bond donors (Lipinski definition) is 1. The summed E-state index contributed by atoms with van der Waals surface area (Å²) in [6, 6.07) is 12.9. The predicted molar refractivity (Wildman–Crippen MR) is 95.2 cm³/mol. The molecule has 0 aliphatic heterocycles. The molecule has 0 aliphatic rings. The molecule has 7 heteroatoms. The summed E-state index contributed by atoms with van der Waals surface area (Å²) in [5.74, 6) is -0.654. The lowest BCUT2D eigenvalue weighted by Gasteiger charge is -2.11. The molecule has 0 spiro atoms. The first-order chi connectivity index (χ1) is 11.5. The van der Waals surface area contributed by atoms with Crippen LogP contribution in [0.3, 0.4) is 0 Å². The number of thiophene rings is 1. The van der Waals surface area contributed by atoms with Gasteiger partial charge in [-0.15, -0.1) is 0 Å². The van der Waals surface area contributed by atoms with Crippen molar-refractivity contribution in [1.82, 2.24) is 4.72 Å². The average Bonchev–Trinajstić information content (AvgIpc) is 3.10. The largest absolute Gasteiger partial charge is 0.240 e. The molecule has 1 heterocycles. The standard InChI is InChI=1S/C17H13ClFNO2S2/c18-16-9-14(5-6-17(16)19)24(21,22)20-10-12-3-1-2-4-15(12)13-7-8-23-11-13/h1-9,11,20H,10H2. The fourth-order valence-electron chi connectivity index (χ4n) is 2.27. The number of hydrogen-bond acceptors (Lipinski definition) is 3. The highest BCUT2D eigenvalue weighted by Gasteiger charge is 2.16. The van der Waals surface area contributed by atoms with Crippen molar-refractivity contribution in [3.05, 3.63) is 75.7 Å². The Balaban J connectivity index is 1.84. The molecule has 2 aromatic carbocycles. The van der Waals surface area contributed by atoms with E-state index < -0.39 is 15.8 Å². The number of benzene rings is 2. The highest BCUT2D eigenvalue weighted by molar-refractivity contribution is 7.89. The maximum atomic E-state index is 13.2. The minimum absolute atomic E-state index is 0.0677. The Morgan fingerprint density at radius 1 is 1.12 bits per heavy atom. The molecule has 3 aromatic rings. The maximum Gasteiger partial charge on any atom is 0.240 e. The average molecular weight is 382 g/mol. The van der Waals surface area contributed by atoms with Gasteiger partial charge in [0.2, 0.25) is 10.0 Å². The monoisotopic (exact) mass is 381 g/mol. The molecule has 124 valence electrons. The molecule has 1 aromatic heterocycles. The lowest BCUT2D eigenvalue weighted by atomic mass is 10.0. The Morgan fingerprint density at radius 2 is 1.92 bits per heavy atom. The predicted octanol–water partition coefficient (Wildman–Crippen LogP) is 4.69. The number of halogens is 2. The summed E-state index contributed by atoms with van der Waals surface area (Å²) in [6.07, 6.45) is 0. The van der Waals surface area contributed by atoms with Crippen LogP contribution in [0, 0.1) is 5.82 Å². The van der Waals surface area contributed by atoms with Gasteiger partial charge in [-0.05, 0) is 51.7 Å². The summed E-state index contributed by atoms with van der Waals surface area (Å²) in [5, 5.41) is 3.75. The van der Waals surface area contributed by atoms with Gasteiger partial charge < -0.3 is 0 Å². The van der Waals surface area contributed by atoms with Crippen molar-refractivity contribution in [2.24, 2.45) is 0 Å². The molecule has 0 aliphatic carbocycles. The van der Waals surface area contributed by atoms with Crippen LogP contribution in [-0.4, -0.2) is 8.42 Å². The Bertz CT molecular complexity index is 956. The van der Waals surface area contributed by atoms with Crippen LogP contribution in [0.25, 0.3) is 11.1 Å². The van der Waals surface area contributed by atoms with Crippen LogP contribution < -0.4 is 4.72 Å². The van der Waals surface area contributed by atoms with E-state index in [0.29, 0.717) is 0 Å². The van der Waals surface area contributed by atoms with Crippen molar-refractivity contribution in [1.29, 1.82) is 0 Å². The van der Waals surface area contributed by atoms with Crippen molar-refractivity contribution >= 4 is 33.0 Å². The van der Waals surface area contributed by atoms with Crippen LogP contribution >= 0.6 is 22.9 Å². The smallest absolute Gasteiger partial charge is 0.207 e. The van der Waals surface area contributed by atoms with Gasteiger partial charge in [0.1, 0.15) is 5.82 Å². The van der Waals surface area contributed by atoms with E-state index in [9.17, 15) is 12.8 Å². The van der Waals surface area contributed by atoms with Gasteiger partial charge in [0.05, 0.1) is 9.92 Å². The molecule has 3 rings (SSSR count). The lowest BCUT2D eigenvalue weighted by Crippen LogP contribution is -2.23. The fourth-order valence-corrected chi connectivity index (χ4v) is 4.21. The molecular weight excluding hydrogens is 369 g/mol. The molecule has 0 atom stereocenters. The summed E-state index contributed by atoms with van der Waals surface area (Å²) in [5.41, 5.74) is 2.87. The van der Waals surface area contributed by atoms with Gasteiger partial charge in [-0.25, -0.2) is 17.5 Å². The Labute approximate surface area is 148 Å². The first kappa shape index (κ1) is 17.1. The second kappa shape index (κ2) is 7.03. The van der Waals surface area contributed by atoms with Crippen LogP contribution in [0.15, 0.2) is 64.2 Å². The molecule has 0 saturated heterocycles. The summed E-state index contributed by atoms with van der Waals surface area (Å²) in [4.78, 5) is -0.0677. The molecule has 0 radical (unpaired) electrons. The third-order valence-electron chi connectivity index (χ3n) is 3.50. The van der Waals surface area contributed by atoms with Crippen molar-refractivity contribution in [3.63, 3.8) is 0 Å². The van der Waals surface area contributed by atoms with Crippen LogP contribution in [0.4, 0.5) is 4.39 Å². The van der Waals surface area contributed by atoms with Crippen LogP contribution in [-0.2, 0) is 16.6 Å². The van der Waals surface area contributed by atoms with Gasteiger partial charge in [0.25, 0.3) is 0 Å². The van der Waals surface area contributed by atoms with Crippen molar-refractivity contribution in [2.75, 3.05) is 0 Å². The highest BCUT2D eigenvalue weighted by atomic mass is 35.5. The van der Waals surface area contributed by atoms with E-state index in [-0.39, 0.29) is 16.5 Å². The van der Waals surface area contributed by atoms with E-state index in [2.05, 4.69) is 4.72 Å². The molecule has 3 nitrogen and oxygen atoms in total. The maximum absolute atomic E-state index is 13.2. The first-order valence-electron chi connectivity index (χ1n) is 7.02. The summed E-state index contributed by atoms with van der Waals surface area (Å²) in [7, 11) is -3.78. The summed E-state index contributed by atoms with van der Waals surface area (Å²) < 4.78 is 40.5. The van der Waals surface area contributed by atoms with Crippen LogP contribution in [0.5, 0.6) is 0 Å². The highest BCUT2D eigenvalue weighted by Crippen LogP contribution is 2.26. The topological polar surface area (TPSA) is 46.2 Å². The van der Waals surface area contributed by atoms with Gasteiger partial charge in [0.15, 0.2) is 0 Å². The fraction of sp³-hybridized carbons (Fsp3) is 0.0588. The number of sulfonamides is 1. The summed E-state index contributed by atoms with van der Waals surface area (Å²) in [6.45, 7) is 0.128. The molecule has 0 amide bonds. The van der Waals surface area contributed by atoms with Crippen molar-refractivity contribution in [3.8, 4) is 11.1 Å². The van der Waals surface area contributed by atoms with Gasteiger partial charge in [0, 0.05) is 6.54 Å². The summed E-state index contributed by atoms with van der Waals surface area (Å²) >= 11 is 7.24. The molecule has 0 bridgehead atoms. The Hall–Kier alpha value is -1.73. The molecule has 24 heavy (non-hydrogen) atoms. The zero-order valence-electron chi connectivity index (χ0n) is 12.4.